The van der Waals surface area contributed by atoms with Crippen molar-refractivity contribution in [2.75, 3.05) is 18.0 Å². The van der Waals surface area contributed by atoms with Crippen molar-refractivity contribution >= 4 is 34.6 Å². The van der Waals surface area contributed by atoms with Crippen molar-refractivity contribution in [1.29, 1.82) is 0 Å². The van der Waals surface area contributed by atoms with Crippen molar-refractivity contribution in [3.8, 4) is 0 Å². The van der Waals surface area contributed by atoms with Crippen molar-refractivity contribution in [2.45, 2.75) is 32.2 Å². The summed E-state index contributed by atoms with van der Waals surface area (Å²) in [4.78, 5) is 24.5. The Morgan fingerprint density at radius 1 is 1.29 bits per heavy atom. The average molecular weight is 395 g/mol. The maximum atomic E-state index is 11.9. The number of carbonyl (C=O) groups is 1. The molecule has 1 atom stereocenters. The van der Waals surface area contributed by atoms with Gasteiger partial charge in [0.25, 0.3) is 0 Å². The quantitative estimate of drug-likeness (QED) is 0.624. The van der Waals surface area contributed by atoms with Crippen LogP contribution in [0.3, 0.4) is 0 Å². The Hall–Kier alpha value is -2.87. The van der Waals surface area contributed by atoms with E-state index in [-0.39, 0.29) is 11.9 Å². The maximum absolute atomic E-state index is 11.9. The fourth-order valence-corrected chi connectivity index (χ4v) is 4.10. The summed E-state index contributed by atoms with van der Waals surface area (Å²) < 4.78 is 0. The highest BCUT2D eigenvalue weighted by Crippen LogP contribution is 2.31. The van der Waals surface area contributed by atoms with E-state index in [4.69, 9.17) is 12.2 Å². The molecule has 7 nitrogen and oxygen atoms in total. The van der Waals surface area contributed by atoms with Crippen LogP contribution in [-0.2, 0) is 4.79 Å². The number of aromatic nitrogens is 2. The second kappa shape index (κ2) is 8.02. The smallest absolute Gasteiger partial charge is 0.223 e. The van der Waals surface area contributed by atoms with Gasteiger partial charge in [-0.25, -0.2) is 0 Å². The highest BCUT2D eigenvalue weighted by molar-refractivity contribution is 7.80. The summed E-state index contributed by atoms with van der Waals surface area (Å²) in [6.45, 7) is 3.05. The van der Waals surface area contributed by atoms with Gasteiger partial charge in [0.1, 0.15) is 5.69 Å². The van der Waals surface area contributed by atoms with Crippen LogP contribution >= 0.6 is 12.2 Å². The number of anilines is 1. The molecule has 0 spiro atoms. The number of pyridine rings is 2. The minimum Gasteiger partial charge on any atom is -0.341 e. The van der Waals surface area contributed by atoms with Crippen molar-refractivity contribution in [1.82, 2.24) is 20.3 Å². The lowest BCUT2D eigenvalue weighted by atomic mass is 10.1. The van der Waals surface area contributed by atoms with Crippen LogP contribution in [0.4, 0.5) is 5.69 Å². The molecule has 2 aliphatic rings. The second-order valence-corrected chi connectivity index (χ2v) is 7.29. The molecule has 1 saturated heterocycles. The summed E-state index contributed by atoms with van der Waals surface area (Å²) >= 11 is 5.63. The Balaban J connectivity index is 1.52. The number of rotatable bonds is 2. The Bertz CT molecular complexity index is 916. The third kappa shape index (κ3) is 3.60. The van der Waals surface area contributed by atoms with Crippen molar-refractivity contribution < 1.29 is 4.79 Å². The Labute approximate surface area is 169 Å². The lowest BCUT2D eigenvalue weighted by Gasteiger charge is -2.29. The van der Waals surface area contributed by atoms with Crippen LogP contribution in [-0.4, -0.2) is 44.7 Å². The average Bonchev–Trinajstić information content (AvgIpc) is 3.22. The van der Waals surface area contributed by atoms with Gasteiger partial charge in [-0.15, -0.1) is 0 Å². The van der Waals surface area contributed by atoms with Gasteiger partial charge in [-0.1, -0.05) is 6.07 Å². The molecule has 1 unspecified atom stereocenters. The van der Waals surface area contributed by atoms with Crippen molar-refractivity contribution in [3.63, 3.8) is 0 Å². The zero-order valence-corrected chi connectivity index (χ0v) is 16.5. The number of likely N-dealkylation sites (tertiary alicyclic amines) is 1. The fraction of sp³-hybridized carbons (Fsp3) is 0.350. The second-order valence-electron chi connectivity index (χ2n) is 6.91. The van der Waals surface area contributed by atoms with E-state index in [2.05, 4.69) is 31.5 Å². The Kier molecular flexibility index (Phi) is 5.29. The predicted octanol–water partition coefficient (Wildman–Crippen LogP) is 2.65. The van der Waals surface area contributed by atoms with Gasteiger partial charge in [0.15, 0.2) is 5.11 Å². The fourth-order valence-electron chi connectivity index (χ4n) is 3.84. The first-order chi connectivity index (χ1) is 13.6. The normalized spacial score (nSPS) is 20.2. The zero-order valence-electron chi connectivity index (χ0n) is 15.7. The van der Waals surface area contributed by atoms with E-state index in [0.29, 0.717) is 18.1 Å². The van der Waals surface area contributed by atoms with Crippen LogP contribution in [0, 0.1) is 0 Å². The largest absolute Gasteiger partial charge is 0.341 e. The predicted molar refractivity (Wildman–Crippen MR) is 112 cm³/mol. The van der Waals surface area contributed by atoms with Gasteiger partial charge in [-0.2, -0.15) is 5.10 Å². The molecule has 2 aliphatic heterocycles. The van der Waals surface area contributed by atoms with Gasteiger partial charge in [0.2, 0.25) is 5.91 Å². The Morgan fingerprint density at radius 2 is 2.14 bits per heavy atom. The van der Waals surface area contributed by atoms with Gasteiger partial charge in [0, 0.05) is 45.0 Å². The molecule has 8 heteroatoms. The molecular weight excluding hydrogens is 372 g/mol. The van der Waals surface area contributed by atoms with Gasteiger partial charge in [0.05, 0.1) is 17.4 Å². The highest BCUT2D eigenvalue weighted by atomic mass is 32.1. The van der Waals surface area contributed by atoms with E-state index < -0.39 is 0 Å². The molecule has 1 fully saturated rings. The molecule has 1 N–H and O–H groups in total. The molecule has 0 aromatic carbocycles. The third-order valence-corrected chi connectivity index (χ3v) is 5.50. The molecule has 0 radical (unpaired) electrons. The molecule has 0 saturated carbocycles. The molecule has 144 valence electrons. The molecule has 0 aliphatic carbocycles. The topological polar surface area (TPSA) is 73.7 Å². The summed E-state index contributed by atoms with van der Waals surface area (Å²) in [5.74, 6) is 0.00755. The Morgan fingerprint density at radius 3 is 2.93 bits per heavy atom. The van der Waals surface area contributed by atoms with E-state index in [9.17, 15) is 4.79 Å². The molecule has 4 rings (SSSR count). The molecule has 2 aromatic heterocycles. The van der Waals surface area contributed by atoms with Gasteiger partial charge >= 0.3 is 0 Å². The number of hydrazone groups is 1. The third-order valence-electron chi connectivity index (χ3n) is 5.17. The molecule has 0 bridgehead atoms. The molecule has 28 heavy (non-hydrogen) atoms. The van der Waals surface area contributed by atoms with Crippen LogP contribution in [0.5, 0.6) is 0 Å². The van der Waals surface area contributed by atoms with Crippen LogP contribution < -0.4 is 10.3 Å². The summed E-state index contributed by atoms with van der Waals surface area (Å²) in [5.41, 5.74) is 6.56. The monoisotopic (exact) mass is 394 g/mol. The number of carbonyl (C=O) groups excluding carboxylic acids is 1. The lowest BCUT2D eigenvalue weighted by molar-refractivity contribution is -0.116. The summed E-state index contributed by atoms with van der Waals surface area (Å²) in [7, 11) is 0. The lowest BCUT2D eigenvalue weighted by Crippen LogP contribution is -2.39. The van der Waals surface area contributed by atoms with Crippen molar-refractivity contribution in [2.24, 2.45) is 5.10 Å². The number of nitrogens with one attached hydrogen (secondary N) is 1. The number of thiocarbonyl (C=S) groups is 1. The number of nitrogens with zero attached hydrogens (tertiary/aromatic N) is 5. The van der Waals surface area contributed by atoms with Gasteiger partial charge in [-0.05, 0) is 48.8 Å². The standard InChI is InChI=1S/C20H22N6OS/c1-14(27)25-12-8-16(19-18(25)6-3-10-22-19)23-24-20(28)26-11-4-7-17(26)15-5-2-9-21-13-15/h2-3,5-6,9-10,13,17H,4,7-8,11-12H2,1H3,(H,24,28)/b23-16-. The first-order valence-electron chi connectivity index (χ1n) is 9.41. The first-order valence-corrected chi connectivity index (χ1v) is 9.82. The summed E-state index contributed by atoms with van der Waals surface area (Å²) in [6.07, 6.45) is 8.15. The SMILES string of the molecule is CC(=O)N1CC/C(=N/NC(=S)N2CCCC2c2cccnc2)c2ncccc21. The zero-order chi connectivity index (χ0) is 19.5. The minimum atomic E-state index is 0.00755. The van der Waals surface area contributed by atoms with Gasteiger partial charge in [-0.3, -0.25) is 20.2 Å². The molecule has 2 aromatic rings. The van der Waals surface area contributed by atoms with E-state index in [1.165, 1.54) is 5.56 Å². The van der Waals surface area contributed by atoms with E-state index in [1.54, 1.807) is 24.2 Å². The van der Waals surface area contributed by atoms with E-state index in [1.807, 2.05) is 24.4 Å². The molecule has 1 amide bonds. The molecule has 4 heterocycles. The number of amides is 1. The number of fused-ring (bicyclic) bond motifs is 1. The van der Waals surface area contributed by atoms with E-state index >= 15 is 0 Å². The first kappa shape index (κ1) is 18.5. The summed E-state index contributed by atoms with van der Waals surface area (Å²) in [6, 6.07) is 7.99. The number of hydrogen-bond donors (Lipinski definition) is 1. The van der Waals surface area contributed by atoms with Crippen molar-refractivity contribution in [3.05, 3.63) is 54.1 Å². The summed E-state index contributed by atoms with van der Waals surface area (Å²) in [5, 5.41) is 5.16. The number of hydrogen-bond acceptors (Lipinski definition) is 5. The molecular formula is C20H22N6OS. The van der Waals surface area contributed by atoms with E-state index in [0.717, 1.165) is 36.5 Å². The van der Waals surface area contributed by atoms with Crippen LogP contribution in [0.25, 0.3) is 0 Å². The maximum Gasteiger partial charge on any atom is 0.223 e. The minimum absolute atomic E-state index is 0.00755. The van der Waals surface area contributed by atoms with Gasteiger partial charge < -0.3 is 9.80 Å². The highest BCUT2D eigenvalue weighted by Gasteiger charge is 2.29. The van der Waals surface area contributed by atoms with Crippen LogP contribution in [0.15, 0.2) is 48.0 Å². The van der Waals surface area contributed by atoms with Crippen LogP contribution in [0.2, 0.25) is 0 Å². The van der Waals surface area contributed by atoms with Crippen LogP contribution in [0.1, 0.15) is 43.5 Å².